The molecule has 1 N–H and O–H groups in total. The van der Waals surface area contributed by atoms with Crippen LogP contribution >= 0.6 is 0 Å². The summed E-state index contributed by atoms with van der Waals surface area (Å²) < 4.78 is 38.9. The molecule has 0 saturated heterocycles. The van der Waals surface area contributed by atoms with E-state index in [9.17, 15) is 38.0 Å². The standard InChI is InChI=1S/C17H9F3N2O5/c18-17(19,20)9-4-1-3-8(7-9)13-12(16(24)25)15(23)10-5-2-6-11(22(26)27)14(10)21-13/h1-7H,(H,21,23)(H,24,25)/p-1. The molecule has 0 bridgehead atoms. The number of aromatic nitrogens is 1. The third kappa shape index (κ3) is 3.12. The number of nitro groups is 1. The number of pyridine rings is 1. The number of nitrogens with zero attached hydrogens (tertiary/aromatic N) is 1. The van der Waals surface area contributed by atoms with Crippen LogP contribution in [0, 0.1) is 10.1 Å². The number of hydrogen-bond donors (Lipinski definition) is 1. The fourth-order valence-electron chi connectivity index (χ4n) is 2.71. The van der Waals surface area contributed by atoms with E-state index in [0.29, 0.717) is 6.07 Å². The van der Waals surface area contributed by atoms with E-state index in [4.69, 9.17) is 0 Å². The van der Waals surface area contributed by atoms with Crippen molar-refractivity contribution in [3.63, 3.8) is 0 Å². The first-order chi connectivity index (χ1) is 12.6. The number of alkyl halides is 3. The number of non-ortho nitro benzene ring substituents is 1. The van der Waals surface area contributed by atoms with Crippen molar-refractivity contribution in [2.45, 2.75) is 6.18 Å². The van der Waals surface area contributed by atoms with E-state index in [2.05, 4.69) is 4.98 Å². The van der Waals surface area contributed by atoms with Crippen molar-refractivity contribution < 1.29 is 28.0 Å². The first-order valence-corrected chi connectivity index (χ1v) is 7.33. The Balaban J connectivity index is 2.44. The zero-order chi connectivity index (χ0) is 19.9. The summed E-state index contributed by atoms with van der Waals surface area (Å²) in [6.07, 6.45) is -4.71. The number of para-hydroxylation sites is 1. The largest absolute Gasteiger partial charge is 0.545 e. The van der Waals surface area contributed by atoms with Gasteiger partial charge in [0.1, 0.15) is 5.52 Å². The second-order valence-electron chi connectivity index (χ2n) is 5.53. The molecule has 3 aromatic rings. The molecule has 0 aliphatic rings. The lowest BCUT2D eigenvalue weighted by atomic mass is 10.0. The monoisotopic (exact) mass is 377 g/mol. The number of rotatable bonds is 3. The number of nitrogens with one attached hydrogen (secondary N) is 1. The first-order valence-electron chi connectivity index (χ1n) is 7.33. The van der Waals surface area contributed by atoms with Crippen LogP contribution in [-0.4, -0.2) is 15.9 Å². The van der Waals surface area contributed by atoms with Crippen molar-refractivity contribution in [1.82, 2.24) is 4.98 Å². The highest BCUT2D eigenvalue weighted by Crippen LogP contribution is 2.33. The Hall–Kier alpha value is -3.69. The van der Waals surface area contributed by atoms with E-state index in [1.807, 2.05) is 0 Å². The SMILES string of the molecule is O=C([O-])c1c(-c2cccc(C(F)(F)F)c2)[nH]c2c([N+](=O)[O-])cccc2c1=O. The third-order valence-electron chi connectivity index (χ3n) is 3.89. The number of H-pyrrole nitrogens is 1. The molecule has 0 spiro atoms. The van der Waals surface area contributed by atoms with E-state index < -0.39 is 45.0 Å². The number of benzene rings is 2. The van der Waals surface area contributed by atoms with Gasteiger partial charge in [0, 0.05) is 6.07 Å². The molecule has 7 nitrogen and oxygen atoms in total. The van der Waals surface area contributed by atoms with Crippen LogP contribution in [0.2, 0.25) is 0 Å². The van der Waals surface area contributed by atoms with Gasteiger partial charge < -0.3 is 14.9 Å². The van der Waals surface area contributed by atoms with Crippen molar-refractivity contribution >= 4 is 22.6 Å². The lowest BCUT2D eigenvalue weighted by Crippen LogP contribution is -2.30. The quantitative estimate of drug-likeness (QED) is 0.556. The van der Waals surface area contributed by atoms with Gasteiger partial charge in [-0.25, -0.2) is 0 Å². The van der Waals surface area contributed by atoms with E-state index in [0.717, 1.165) is 24.3 Å². The molecule has 0 atom stereocenters. The molecular formula is C17H8F3N2O5-. The second kappa shape index (κ2) is 6.24. The molecule has 0 saturated carbocycles. The van der Waals surface area contributed by atoms with Crippen LogP contribution in [0.3, 0.4) is 0 Å². The Bertz CT molecular complexity index is 1150. The van der Waals surface area contributed by atoms with Crippen LogP contribution in [0.4, 0.5) is 18.9 Å². The fourth-order valence-corrected chi connectivity index (χ4v) is 2.71. The summed E-state index contributed by atoms with van der Waals surface area (Å²) in [5.74, 6) is -1.92. The lowest BCUT2D eigenvalue weighted by Gasteiger charge is -2.14. The van der Waals surface area contributed by atoms with E-state index in [1.165, 1.54) is 12.1 Å². The summed E-state index contributed by atoms with van der Waals surface area (Å²) in [4.78, 5) is 36.8. The average molecular weight is 377 g/mol. The van der Waals surface area contributed by atoms with E-state index >= 15 is 0 Å². The van der Waals surface area contributed by atoms with Gasteiger partial charge in [0.25, 0.3) is 5.69 Å². The lowest BCUT2D eigenvalue weighted by molar-refractivity contribution is -0.383. The molecule has 1 aromatic heterocycles. The second-order valence-corrected chi connectivity index (χ2v) is 5.53. The molecule has 2 aromatic carbocycles. The fraction of sp³-hybridized carbons (Fsp3) is 0.0588. The molecule has 27 heavy (non-hydrogen) atoms. The topological polar surface area (TPSA) is 116 Å². The van der Waals surface area contributed by atoms with Gasteiger partial charge in [-0.15, -0.1) is 0 Å². The van der Waals surface area contributed by atoms with Crippen LogP contribution in [0.1, 0.15) is 15.9 Å². The molecule has 0 aliphatic carbocycles. The zero-order valence-corrected chi connectivity index (χ0v) is 13.2. The van der Waals surface area contributed by atoms with Crippen molar-refractivity contribution in [3.05, 3.63) is 73.9 Å². The van der Waals surface area contributed by atoms with E-state index in [-0.39, 0.29) is 16.5 Å². The maximum absolute atomic E-state index is 13.0. The molecular weight excluding hydrogens is 369 g/mol. The van der Waals surface area contributed by atoms with Crippen LogP contribution in [0.25, 0.3) is 22.2 Å². The Kier molecular flexibility index (Phi) is 4.18. The number of aromatic carboxylic acids is 1. The summed E-state index contributed by atoms with van der Waals surface area (Å²) in [7, 11) is 0. The number of carbonyl (C=O) groups excluding carboxylic acids is 1. The minimum atomic E-state index is -4.71. The number of nitro benzene ring substituents is 1. The van der Waals surface area contributed by atoms with Gasteiger partial charge in [-0.1, -0.05) is 18.2 Å². The molecule has 3 rings (SSSR count). The predicted octanol–water partition coefficient (Wildman–Crippen LogP) is 2.49. The highest BCUT2D eigenvalue weighted by Gasteiger charge is 2.31. The van der Waals surface area contributed by atoms with Gasteiger partial charge in [0.05, 0.1) is 33.1 Å². The third-order valence-corrected chi connectivity index (χ3v) is 3.89. The molecule has 0 unspecified atom stereocenters. The number of halogens is 3. The Morgan fingerprint density at radius 1 is 1.11 bits per heavy atom. The smallest absolute Gasteiger partial charge is 0.416 e. The average Bonchev–Trinajstić information content (AvgIpc) is 2.60. The minimum Gasteiger partial charge on any atom is -0.545 e. The van der Waals surface area contributed by atoms with Crippen molar-refractivity contribution in [1.29, 1.82) is 0 Å². The molecule has 0 fully saturated rings. The van der Waals surface area contributed by atoms with Crippen LogP contribution in [0.5, 0.6) is 0 Å². The number of carboxylic acid groups (broad SMARTS) is 1. The minimum absolute atomic E-state index is 0.277. The molecule has 0 amide bonds. The Morgan fingerprint density at radius 3 is 2.37 bits per heavy atom. The number of carbonyl (C=O) groups is 1. The van der Waals surface area contributed by atoms with Gasteiger partial charge >= 0.3 is 6.18 Å². The summed E-state index contributed by atoms with van der Waals surface area (Å²) >= 11 is 0. The predicted molar refractivity (Wildman–Crippen MR) is 86.0 cm³/mol. The number of fused-ring (bicyclic) bond motifs is 1. The van der Waals surface area contributed by atoms with Crippen molar-refractivity contribution in [3.8, 4) is 11.3 Å². The van der Waals surface area contributed by atoms with Gasteiger partial charge in [-0.2, -0.15) is 13.2 Å². The number of hydrogen-bond acceptors (Lipinski definition) is 5. The van der Waals surface area contributed by atoms with Gasteiger partial charge in [-0.3, -0.25) is 14.9 Å². The van der Waals surface area contributed by atoms with E-state index in [1.54, 1.807) is 0 Å². The number of aromatic amines is 1. The normalized spacial score (nSPS) is 11.5. The zero-order valence-electron chi connectivity index (χ0n) is 13.2. The summed E-state index contributed by atoms with van der Waals surface area (Å²) in [6.45, 7) is 0. The molecule has 1 heterocycles. The Morgan fingerprint density at radius 2 is 1.78 bits per heavy atom. The summed E-state index contributed by atoms with van der Waals surface area (Å²) in [5.41, 5.74) is -4.70. The first kappa shape index (κ1) is 18.1. The molecule has 10 heteroatoms. The van der Waals surface area contributed by atoms with Gasteiger partial charge in [0.2, 0.25) is 0 Å². The molecule has 0 radical (unpaired) electrons. The van der Waals surface area contributed by atoms with Gasteiger partial charge in [0.15, 0.2) is 5.43 Å². The maximum Gasteiger partial charge on any atom is 0.416 e. The van der Waals surface area contributed by atoms with Crippen LogP contribution < -0.4 is 10.5 Å². The van der Waals surface area contributed by atoms with Crippen LogP contribution in [0.15, 0.2) is 47.3 Å². The summed E-state index contributed by atoms with van der Waals surface area (Å²) in [6, 6.07) is 7.02. The maximum atomic E-state index is 13.0. The van der Waals surface area contributed by atoms with Crippen LogP contribution in [-0.2, 0) is 6.18 Å². The van der Waals surface area contributed by atoms with Crippen molar-refractivity contribution in [2.24, 2.45) is 0 Å². The highest BCUT2D eigenvalue weighted by molar-refractivity contribution is 6.00. The Labute approximate surface area is 147 Å². The summed E-state index contributed by atoms with van der Waals surface area (Å²) in [5, 5.41) is 22.4. The molecule has 138 valence electrons. The molecule has 0 aliphatic heterocycles. The number of carboxylic acids is 1. The van der Waals surface area contributed by atoms with Crippen molar-refractivity contribution in [2.75, 3.05) is 0 Å². The highest BCUT2D eigenvalue weighted by atomic mass is 19.4. The van der Waals surface area contributed by atoms with Gasteiger partial charge in [-0.05, 0) is 23.8 Å².